The fraction of sp³-hybridized carbons (Fsp3) is 0.250. The molecule has 1 saturated carbocycles. The molecular formula is C16H13F3N2O2. The molecule has 1 aromatic heterocycles. The second-order valence-corrected chi connectivity index (χ2v) is 5.46. The summed E-state index contributed by atoms with van der Waals surface area (Å²) in [5.74, 6) is -0.458. The molecule has 0 bridgehead atoms. The van der Waals surface area contributed by atoms with Crippen LogP contribution in [0.25, 0.3) is 0 Å². The Morgan fingerprint density at radius 3 is 2.57 bits per heavy atom. The summed E-state index contributed by atoms with van der Waals surface area (Å²) in [6, 6.07) is 10.0. The van der Waals surface area contributed by atoms with Crippen LogP contribution in [0.5, 0.6) is 0 Å². The van der Waals surface area contributed by atoms with E-state index in [2.05, 4.69) is 5.32 Å². The van der Waals surface area contributed by atoms with Gasteiger partial charge in [-0.25, -0.2) is 0 Å². The van der Waals surface area contributed by atoms with Crippen molar-refractivity contribution >= 4 is 5.91 Å². The van der Waals surface area contributed by atoms with Crippen molar-refractivity contribution < 1.29 is 18.0 Å². The number of aromatic nitrogens is 1. The first-order chi connectivity index (χ1) is 10.9. The Balaban J connectivity index is 1.72. The summed E-state index contributed by atoms with van der Waals surface area (Å²) in [6.45, 7) is 0. The van der Waals surface area contributed by atoms with E-state index in [-0.39, 0.29) is 17.5 Å². The molecular weight excluding hydrogens is 309 g/mol. The summed E-state index contributed by atoms with van der Waals surface area (Å²) >= 11 is 0. The third-order valence-electron chi connectivity index (χ3n) is 3.81. The van der Waals surface area contributed by atoms with Gasteiger partial charge in [0.15, 0.2) is 0 Å². The molecule has 2 aromatic rings. The molecule has 0 radical (unpaired) electrons. The lowest BCUT2D eigenvalue weighted by atomic mass is 10.1. The minimum atomic E-state index is -4.80. The number of pyridine rings is 1. The van der Waals surface area contributed by atoms with E-state index in [9.17, 15) is 22.8 Å². The van der Waals surface area contributed by atoms with Crippen molar-refractivity contribution in [3.63, 3.8) is 0 Å². The van der Waals surface area contributed by atoms with E-state index in [0.29, 0.717) is 6.07 Å². The van der Waals surface area contributed by atoms with Crippen molar-refractivity contribution in [2.24, 2.45) is 0 Å². The van der Waals surface area contributed by atoms with Gasteiger partial charge in [-0.2, -0.15) is 13.2 Å². The molecule has 1 amide bonds. The van der Waals surface area contributed by atoms with Gasteiger partial charge in [0, 0.05) is 18.2 Å². The van der Waals surface area contributed by atoms with Gasteiger partial charge in [-0.15, -0.1) is 0 Å². The molecule has 1 aliphatic rings. The average Bonchev–Trinajstić information content (AvgIpc) is 3.26. The summed E-state index contributed by atoms with van der Waals surface area (Å²) in [5.41, 5.74) is -1.77. The van der Waals surface area contributed by atoms with E-state index in [1.54, 1.807) is 0 Å². The van der Waals surface area contributed by atoms with Crippen LogP contribution in [0.15, 0.2) is 47.4 Å². The number of carbonyl (C=O) groups is 1. The molecule has 1 aromatic carbocycles. The van der Waals surface area contributed by atoms with Gasteiger partial charge in [0.1, 0.15) is 5.56 Å². The number of hydrogen-bond donors (Lipinski definition) is 2. The molecule has 0 unspecified atom stereocenters. The zero-order valence-electron chi connectivity index (χ0n) is 11.9. The number of hydrogen-bond acceptors (Lipinski definition) is 2. The van der Waals surface area contributed by atoms with E-state index in [1.807, 2.05) is 35.3 Å². The van der Waals surface area contributed by atoms with Gasteiger partial charge >= 0.3 is 6.18 Å². The molecule has 2 N–H and O–H groups in total. The Hall–Kier alpha value is -2.57. The van der Waals surface area contributed by atoms with E-state index < -0.39 is 23.2 Å². The van der Waals surface area contributed by atoms with Gasteiger partial charge in [0.2, 0.25) is 0 Å². The van der Waals surface area contributed by atoms with Crippen molar-refractivity contribution in [3.8, 4) is 0 Å². The van der Waals surface area contributed by atoms with E-state index in [0.717, 1.165) is 18.2 Å². The van der Waals surface area contributed by atoms with E-state index in [4.69, 9.17) is 0 Å². The van der Waals surface area contributed by atoms with Gasteiger partial charge < -0.3 is 10.3 Å². The van der Waals surface area contributed by atoms with Crippen molar-refractivity contribution in [1.29, 1.82) is 0 Å². The lowest BCUT2D eigenvalue weighted by Gasteiger charge is -2.08. The Kier molecular flexibility index (Phi) is 3.71. The number of amides is 1. The van der Waals surface area contributed by atoms with Crippen molar-refractivity contribution in [2.45, 2.75) is 24.6 Å². The van der Waals surface area contributed by atoms with Crippen LogP contribution in [0.1, 0.15) is 33.8 Å². The van der Waals surface area contributed by atoms with Gasteiger partial charge in [0.05, 0.1) is 5.56 Å². The first-order valence-corrected chi connectivity index (χ1v) is 7.02. The topological polar surface area (TPSA) is 62.0 Å². The SMILES string of the molecule is O=C(N[C@@H]1C[C@H]1c1ccccc1)c1c[nH]c(=O)c(C(F)(F)F)c1. The molecule has 1 fully saturated rings. The molecule has 3 rings (SSSR count). The molecule has 23 heavy (non-hydrogen) atoms. The zero-order valence-corrected chi connectivity index (χ0v) is 11.9. The highest BCUT2D eigenvalue weighted by atomic mass is 19.4. The highest BCUT2D eigenvalue weighted by molar-refractivity contribution is 5.94. The van der Waals surface area contributed by atoms with Crippen LogP contribution in [0.2, 0.25) is 0 Å². The van der Waals surface area contributed by atoms with Crippen LogP contribution in [-0.4, -0.2) is 16.9 Å². The molecule has 1 aliphatic carbocycles. The third kappa shape index (κ3) is 3.28. The Bertz CT molecular complexity index is 784. The quantitative estimate of drug-likeness (QED) is 0.913. The second kappa shape index (κ2) is 5.57. The molecule has 0 aliphatic heterocycles. The fourth-order valence-electron chi connectivity index (χ4n) is 2.50. The van der Waals surface area contributed by atoms with Gasteiger partial charge in [-0.05, 0) is 18.1 Å². The monoisotopic (exact) mass is 322 g/mol. The normalized spacial score (nSPS) is 20.1. The van der Waals surface area contributed by atoms with E-state index in [1.165, 1.54) is 0 Å². The molecule has 2 atom stereocenters. The predicted octanol–water partition coefficient (Wildman–Crippen LogP) is 2.68. The number of carbonyl (C=O) groups excluding carboxylic acids is 1. The molecule has 0 spiro atoms. The number of nitrogens with one attached hydrogen (secondary N) is 2. The summed E-state index contributed by atoms with van der Waals surface area (Å²) in [7, 11) is 0. The van der Waals surface area contributed by atoms with Crippen LogP contribution in [0.3, 0.4) is 0 Å². The number of rotatable bonds is 3. The number of alkyl halides is 3. The summed E-state index contributed by atoms with van der Waals surface area (Å²) in [5, 5.41) is 2.69. The smallest absolute Gasteiger partial charge is 0.349 e. The Labute approximate surface area is 129 Å². The number of H-pyrrole nitrogens is 1. The molecule has 120 valence electrons. The van der Waals surface area contributed by atoms with Gasteiger partial charge in [-0.1, -0.05) is 30.3 Å². The predicted molar refractivity (Wildman–Crippen MR) is 77.1 cm³/mol. The average molecular weight is 322 g/mol. The molecule has 4 nitrogen and oxygen atoms in total. The highest BCUT2D eigenvalue weighted by Crippen LogP contribution is 2.40. The van der Waals surface area contributed by atoms with Crippen LogP contribution in [0.4, 0.5) is 13.2 Å². The lowest BCUT2D eigenvalue weighted by Crippen LogP contribution is -2.29. The van der Waals surface area contributed by atoms with Crippen molar-refractivity contribution in [3.05, 3.63) is 69.6 Å². The van der Waals surface area contributed by atoms with Crippen LogP contribution >= 0.6 is 0 Å². The fourth-order valence-corrected chi connectivity index (χ4v) is 2.50. The summed E-state index contributed by atoms with van der Waals surface area (Å²) < 4.78 is 38.1. The van der Waals surface area contributed by atoms with Crippen LogP contribution in [0, 0.1) is 0 Å². The van der Waals surface area contributed by atoms with Crippen molar-refractivity contribution in [1.82, 2.24) is 10.3 Å². The van der Waals surface area contributed by atoms with Crippen molar-refractivity contribution in [2.75, 3.05) is 0 Å². The van der Waals surface area contributed by atoms with Crippen LogP contribution < -0.4 is 10.9 Å². The maximum Gasteiger partial charge on any atom is 0.421 e. The molecule has 7 heteroatoms. The first kappa shape index (κ1) is 15.3. The van der Waals surface area contributed by atoms with Gasteiger partial charge in [-0.3, -0.25) is 9.59 Å². The Morgan fingerprint density at radius 1 is 1.22 bits per heavy atom. The van der Waals surface area contributed by atoms with Gasteiger partial charge in [0.25, 0.3) is 11.5 Å². The van der Waals surface area contributed by atoms with Crippen LogP contribution in [-0.2, 0) is 6.18 Å². The zero-order chi connectivity index (χ0) is 16.6. The maximum atomic E-state index is 12.7. The Morgan fingerprint density at radius 2 is 1.91 bits per heavy atom. The standard InChI is InChI=1S/C16H13F3N2O2/c17-16(18,19)12-6-10(8-20-15(12)23)14(22)21-13-7-11(13)9-4-2-1-3-5-9/h1-6,8,11,13H,7H2,(H,20,23)(H,21,22)/t11-,13+/m0/s1. The summed E-state index contributed by atoms with van der Waals surface area (Å²) in [6.07, 6.45) is -3.06. The molecule has 0 saturated heterocycles. The number of halogens is 3. The molecule has 1 heterocycles. The number of benzene rings is 1. The number of aromatic amines is 1. The lowest BCUT2D eigenvalue weighted by molar-refractivity contribution is -0.138. The maximum absolute atomic E-state index is 12.7. The second-order valence-electron chi connectivity index (χ2n) is 5.46. The minimum Gasteiger partial charge on any atom is -0.349 e. The highest BCUT2D eigenvalue weighted by Gasteiger charge is 2.40. The van der Waals surface area contributed by atoms with E-state index >= 15 is 0 Å². The largest absolute Gasteiger partial charge is 0.421 e. The third-order valence-corrected chi connectivity index (χ3v) is 3.81. The minimum absolute atomic E-state index is 0.105. The summed E-state index contributed by atoms with van der Waals surface area (Å²) in [4.78, 5) is 25.2. The first-order valence-electron chi connectivity index (χ1n) is 7.02.